The molecule has 1 aliphatic rings. The first-order valence-corrected chi connectivity index (χ1v) is 8.20. The van der Waals surface area contributed by atoms with E-state index in [0.717, 1.165) is 16.3 Å². The standard InChI is InChI=1S/C19H14ClN3O2/c20-15-7-5-13(6-8-15)11-22-12-18(24)23(19(22)25)17-10-21-9-14-3-1-2-4-16(14)17/h1-10H,11-12H2. The van der Waals surface area contributed by atoms with Gasteiger partial charge in [0.2, 0.25) is 0 Å². The Hall–Kier alpha value is -2.92. The first-order chi connectivity index (χ1) is 12.1. The van der Waals surface area contributed by atoms with Crippen LogP contribution in [0.5, 0.6) is 0 Å². The normalized spacial score (nSPS) is 14.6. The molecule has 0 bridgehead atoms. The van der Waals surface area contributed by atoms with E-state index in [4.69, 9.17) is 11.6 Å². The smallest absolute Gasteiger partial charge is 0.310 e. The van der Waals surface area contributed by atoms with Crippen LogP contribution in [0.15, 0.2) is 60.9 Å². The second kappa shape index (κ2) is 6.18. The van der Waals surface area contributed by atoms with Gasteiger partial charge in [0.1, 0.15) is 6.54 Å². The van der Waals surface area contributed by atoms with E-state index >= 15 is 0 Å². The number of hydrogen-bond acceptors (Lipinski definition) is 3. The summed E-state index contributed by atoms with van der Waals surface area (Å²) in [4.78, 5) is 32.2. The molecule has 0 spiro atoms. The molecule has 0 saturated carbocycles. The van der Waals surface area contributed by atoms with Gasteiger partial charge in [-0.2, -0.15) is 0 Å². The van der Waals surface area contributed by atoms with Gasteiger partial charge in [-0.05, 0) is 17.7 Å². The van der Waals surface area contributed by atoms with Crippen LogP contribution in [-0.4, -0.2) is 28.4 Å². The van der Waals surface area contributed by atoms with Crippen molar-refractivity contribution in [1.29, 1.82) is 0 Å². The van der Waals surface area contributed by atoms with E-state index in [9.17, 15) is 9.59 Å². The lowest BCUT2D eigenvalue weighted by Gasteiger charge is -2.18. The molecule has 2 aromatic carbocycles. The van der Waals surface area contributed by atoms with E-state index in [2.05, 4.69) is 4.98 Å². The summed E-state index contributed by atoms with van der Waals surface area (Å²) in [6.45, 7) is 0.404. The van der Waals surface area contributed by atoms with Gasteiger partial charge in [0, 0.05) is 28.5 Å². The quantitative estimate of drug-likeness (QED) is 0.673. The Kier molecular flexibility index (Phi) is 3.86. The van der Waals surface area contributed by atoms with Crippen molar-refractivity contribution in [1.82, 2.24) is 9.88 Å². The minimum absolute atomic E-state index is 0.0463. The van der Waals surface area contributed by atoms with Gasteiger partial charge >= 0.3 is 6.03 Å². The number of rotatable bonds is 3. The number of halogens is 1. The predicted molar refractivity (Wildman–Crippen MR) is 96.5 cm³/mol. The maximum atomic E-state index is 12.8. The highest BCUT2D eigenvalue weighted by atomic mass is 35.5. The maximum Gasteiger partial charge on any atom is 0.332 e. The van der Waals surface area contributed by atoms with Crippen molar-refractivity contribution in [3.05, 3.63) is 71.5 Å². The molecule has 0 N–H and O–H groups in total. The van der Waals surface area contributed by atoms with Gasteiger partial charge in [-0.15, -0.1) is 0 Å². The summed E-state index contributed by atoms with van der Waals surface area (Å²) in [5.74, 6) is -0.253. The number of carbonyl (C=O) groups excluding carboxylic acids is 2. The molecular formula is C19H14ClN3O2. The SMILES string of the molecule is O=C1CN(Cc2ccc(Cl)cc2)C(=O)N1c1cncc2ccccc12. The van der Waals surface area contributed by atoms with Crippen LogP contribution in [0.3, 0.4) is 0 Å². The molecule has 1 saturated heterocycles. The lowest BCUT2D eigenvalue weighted by molar-refractivity contribution is -0.116. The summed E-state index contributed by atoms with van der Waals surface area (Å²) in [6.07, 6.45) is 3.28. The highest BCUT2D eigenvalue weighted by molar-refractivity contribution is 6.30. The van der Waals surface area contributed by atoms with E-state index in [1.807, 2.05) is 36.4 Å². The number of benzene rings is 2. The molecule has 0 atom stereocenters. The molecule has 0 unspecified atom stereocenters. The predicted octanol–water partition coefficient (Wildman–Crippen LogP) is 3.86. The number of hydrogen-bond donors (Lipinski definition) is 0. The number of amides is 3. The van der Waals surface area contributed by atoms with Crippen LogP contribution >= 0.6 is 11.6 Å². The van der Waals surface area contributed by atoms with E-state index in [-0.39, 0.29) is 18.5 Å². The Morgan fingerprint density at radius 2 is 1.76 bits per heavy atom. The molecule has 3 amide bonds. The minimum Gasteiger partial charge on any atom is -0.310 e. The lowest BCUT2D eigenvalue weighted by Crippen LogP contribution is -2.33. The molecule has 2 heterocycles. The van der Waals surface area contributed by atoms with Crippen molar-refractivity contribution in [3.8, 4) is 0 Å². The Morgan fingerprint density at radius 3 is 2.56 bits per heavy atom. The fourth-order valence-electron chi connectivity index (χ4n) is 3.00. The minimum atomic E-state index is -0.335. The van der Waals surface area contributed by atoms with Crippen molar-refractivity contribution in [2.45, 2.75) is 6.54 Å². The zero-order valence-electron chi connectivity index (χ0n) is 13.2. The van der Waals surface area contributed by atoms with Gasteiger partial charge in [0.05, 0.1) is 11.9 Å². The molecule has 1 fully saturated rings. The van der Waals surface area contributed by atoms with Gasteiger partial charge in [-0.3, -0.25) is 9.78 Å². The molecule has 1 aromatic heterocycles. The Bertz CT molecular complexity index is 967. The van der Waals surface area contributed by atoms with Gasteiger partial charge in [-0.1, -0.05) is 48.0 Å². The molecular weight excluding hydrogens is 338 g/mol. The highest BCUT2D eigenvalue weighted by Crippen LogP contribution is 2.29. The molecule has 25 heavy (non-hydrogen) atoms. The zero-order valence-corrected chi connectivity index (χ0v) is 14.0. The second-order valence-electron chi connectivity index (χ2n) is 5.87. The summed E-state index contributed by atoms with van der Waals surface area (Å²) < 4.78 is 0. The third-order valence-electron chi connectivity index (χ3n) is 4.21. The van der Waals surface area contributed by atoms with E-state index in [1.165, 1.54) is 9.80 Å². The van der Waals surface area contributed by atoms with Crippen molar-refractivity contribution in [2.24, 2.45) is 0 Å². The molecule has 6 heteroatoms. The average molecular weight is 352 g/mol. The van der Waals surface area contributed by atoms with E-state index in [1.54, 1.807) is 24.5 Å². The van der Waals surface area contributed by atoms with Crippen molar-refractivity contribution < 1.29 is 9.59 Å². The van der Waals surface area contributed by atoms with Gasteiger partial charge in [-0.25, -0.2) is 9.69 Å². The summed E-state index contributed by atoms with van der Waals surface area (Å²) in [7, 11) is 0. The molecule has 5 nitrogen and oxygen atoms in total. The molecule has 4 rings (SSSR count). The number of pyridine rings is 1. The van der Waals surface area contributed by atoms with E-state index in [0.29, 0.717) is 17.3 Å². The fraction of sp³-hybridized carbons (Fsp3) is 0.105. The number of nitrogens with zero attached hydrogens (tertiary/aromatic N) is 3. The number of urea groups is 1. The lowest BCUT2D eigenvalue weighted by atomic mass is 10.1. The molecule has 0 radical (unpaired) electrons. The summed E-state index contributed by atoms with van der Waals surface area (Å²) in [5, 5.41) is 2.35. The summed E-state index contributed by atoms with van der Waals surface area (Å²) in [5.41, 5.74) is 1.44. The Labute approximate surface area is 149 Å². The van der Waals surface area contributed by atoms with Crippen LogP contribution in [0.1, 0.15) is 5.56 Å². The van der Waals surface area contributed by atoms with Crippen molar-refractivity contribution in [3.63, 3.8) is 0 Å². The van der Waals surface area contributed by atoms with Crippen LogP contribution in [0, 0.1) is 0 Å². The highest BCUT2D eigenvalue weighted by Gasteiger charge is 2.37. The Morgan fingerprint density at radius 1 is 1.00 bits per heavy atom. The summed E-state index contributed by atoms with van der Waals surface area (Å²) in [6, 6.07) is 14.5. The number of fused-ring (bicyclic) bond motifs is 1. The molecule has 1 aliphatic heterocycles. The fourth-order valence-corrected chi connectivity index (χ4v) is 3.13. The Balaban J connectivity index is 1.66. The molecule has 0 aliphatic carbocycles. The number of aromatic nitrogens is 1. The van der Waals surface area contributed by atoms with Gasteiger partial charge in [0.15, 0.2) is 0 Å². The van der Waals surface area contributed by atoms with Gasteiger partial charge < -0.3 is 4.90 Å². The third kappa shape index (κ3) is 2.83. The monoisotopic (exact) mass is 351 g/mol. The maximum absolute atomic E-state index is 12.8. The van der Waals surface area contributed by atoms with Crippen LogP contribution in [-0.2, 0) is 11.3 Å². The van der Waals surface area contributed by atoms with Crippen LogP contribution in [0.25, 0.3) is 10.8 Å². The van der Waals surface area contributed by atoms with Crippen LogP contribution in [0.4, 0.5) is 10.5 Å². The molecule has 124 valence electrons. The van der Waals surface area contributed by atoms with E-state index < -0.39 is 0 Å². The van der Waals surface area contributed by atoms with Gasteiger partial charge in [0.25, 0.3) is 5.91 Å². The molecule has 3 aromatic rings. The van der Waals surface area contributed by atoms with Crippen LogP contribution < -0.4 is 4.90 Å². The third-order valence-corrected chi connectivity index (χ3v) is 4.46. The van der Waals surface area contributed by atoms with Crippen molar-refractivity contribution in [2.75, 3.05) is 11.4 Å². The summed E-state index contributed by atoms with van der Waals surface area (Å²) >= 11 is 5.89. The second-order valence-corrected chi connectivity index (χ2v) is 6.31. The number of carbonyl (C=O) groups is 2. The zero-order chi connectivity index (χ0) is 17.4. The first kappa shape index (κ1) is 15.6. The first-order valence-electron chi connectivity index (χ1n) is 7.82. The van der Waals surface area contributed by atoms with Crippen molar-refractivity contribution >= 4 is 40.0 Å². The largest absolute Gasteiger partial charge is 0.332 e. The number of anilines is 1. The average Bonchev–Trinajstić information content (AvgIpc) is 2.90. The van der Waals surface area contributed by atoms with Crippen LogP contribution in [0.2, 0.25) is 5.02 Å². The topological polar surface area (TPSA) is 53.5 Å². The number of imide groups is 1.